The zero-order valence-corrected chi connectivity index (χ0v) is 14.2. The standard InChI is InChI=1S/C18H21FN4O2/c1-11(12-3-5-13(19)6-4-12)16-17(20-9-15(22-16)18(24)25)21-14-7-8-23(2)10-14/h3-6,9,11,14H,7-8,10H2,1-2H3,(H,20,21)(H,24,25). The van der Waals surface area contributed by atoms with Crippen molar-refractivity contribution in [1.82, 2.24) is 14.9 Å². The molecule has 25 heavy (non-hydrogen) atoms. The molecular formula is C18H21FN4O2. The number of hydrogen-bond donors (Lipinski definition) is 2. The Morgan fingerprint density at radius 3 is 2.72 bits per heavy atom. The van der Waals surface area contributed by atoms with Gasteiger partial charge in [0.25, 0.3) is 0 Å². The molecule has 1 aromatic heterocycles. The monoisotopic (exact) mass is 344 g/mol. The van der Waals surface area contributed by atoms with Gasteiger partial charge in [-0.1, -0.05) is 19.1 Å². The van der Waals surface area contributed by atoms with Gasteiger partial charge in [0.05, 0.1) is 11.9 Å². The Hall–Kier alpha value is -2.54. The molecule has 0 amide bonds. The van der Waals surface area contributed by atoms with Crippen molar-refractivity contribution in [3.05, 3.63) is 53.2 Å². The van der Waals surface area contributed by atoms with Crippen LogP contribution in [0.15, 0.2) is 30.5 Å². The highest BCUT2D eigenvalue weighted by molar-refractivity contribution is 5.85. The minimum absolute atomic E-state index is 0.0990. The molecule has 2 aromatic rings. The minimum atomic E-state index is -1.12. The van der Waals surface area contributed by atoms with E-state index in [9.17, 15) is 14.3 Å². The second-order valence-electron chi connectivity index (χ2n) is 6.46. The van der Waals surface area contributed by atoms with E-state index in [4.69, 9.17) is 0 Å². The summed E-state index contributed by atoms with van der Waals surface area (Å²) in [5.74, 6) is -1.06. The second-order valence-corrected chi connectivity index (χ2v) is 6.46. The highest BCUT2D eigenvalue weighted by atomic mass is 19.1. The number of anilines is 1. The first-order chi connectivity index (χ1) is 11.9. The predicted octanol–water partition coefficient (Wildman–Crippen LogP) is 2.58. The van der Waals surface area contributed by atoms with Gasteiger partial charge in [-0.15, -0.1) is 0 Å². The maximum Gasteiger partial charge on any atom is 0.356 e. The molecule has 0 saturated carbocycles. The molecule has 1 fully saturated rings. The van der Waals surface area contributed by atoms with Gasteiger partial charge in [-0.25, -0.2) is 19.2 Å². The van der Waals surface area contributed by atoms with E-state index in [-0.39, 0.29) is 23.5 Å². The number of likely N-dealkylation sites (N-methyl/N-ethyl adjacent to an activating group) is 1. The lowest BCUT2D eigenvalue weighted by atomic mass is 9.97. The van der Waals surface area contributed by atoms with E-state index in [1.807, 2.05) is 6.92 Å². The summed E-state index contributed by atoms with van der Waals surface area (Å²) >= 11 is 0. The Kier molecular flexibility index (Phi) is 4.94. The molecule has 1 aliphatic rings. The molecule has 0 bridgehead atoms. The van der Waals surface area contributed by atoms with Gasteiger partial charge in [0, 0.05) is 18.5 Å². The fourth-order valence-corrected chi connectivity index (χ4v) is 3.08. The van der Waals surface area contributed by atoms with Crippen molar-refractivity contribution in [3.63, 3.8) is 0 Å². The normalized spacial score (nSPS) is 18.9. The average molecular weight is 344 g/mol. The lowest BCUT2D eigenvalue weighted by molar-refractivity contribution is 0.0689. The maximum atomic E-state index is 13.2. The summed E-state index contributed by atoms with van der Waals surface area (Å²) in [5.41, 5.74) is 1.31. The van der Waals surface area contributed by atoms with E-state index in [1.165, 1.54) is 18.3 Å². The van der Waals surface area contributed by atoms with Crippen molar-refractivity contribution < 1.29 is 14.3 Å². The number of likely N-dealkylation sites (tertiary alicyclic amines) is 1. The Morgan fingerprint density at radius 1 is 1.40 bits per heavy atom. The Balaban J connectivity index is 1.94. The molecule has 0 aliphatic carbocycles. The average Bonchev–Trinajstić information content (AvgIpc) is 3.00. The largest absolute Gasteiger partial charge is 0.476 e. The van der Waals surface area contributed by atoms with E-state index in [0.717, 1.165) is 25.1 Å². The van der Waals surface area contributed by atoms with E-state index in [2.05, 4.69) is 27.2 Å². The molecule has 6 nitrogen and oxygen atoms in total. The molecule has 0 spiro atoms. The zero-order valence-electron chi connectivity index (χ0n) is 14.2. The number of carbonyl (C=O) groups is 1. The number of rotatable bonds is 5. The van der Waals surface area contributed by atoms with Crippen LogP contribution in [-0.2, 0) is 0 Å². The van der Waals surface area contributed by atoms with E-state index in [1.54, 1.807) is 12.1 Å². The van der Waals surface area contributed by atoms with Crippen LogP contribution >= 0.6 is 0 Å². The third-order valence-corrected chi connectivity index (χ3v) is 4.53. The molecule has 1 saturated heterocycles. The van der Waals surface area contributed by atoms with Gasteiger partial charge in [0.15, 0.2) is 5.69 Å². The summed E-state index contributed by atoms with van der Waals surface area (Å²) in [6.07, 6.45) is 2.26. The molecule has 3 rings (SSSR count). The van der Waals surface area contributed by atoms with Crippen molar-refractivity contribution in [1.29, 1.82) is 0 Å². The molecule has 2 atom stereocenters. The van der Waals surface area contributed by atoms with Gasteiger partial charge in [0.2, 0.25) is 0 Å². The smallest absolute Gasteiger partial charge is 0.356 e. The van der Waals surface area contributed by atoms with Crippen LogP contribution in [0.2, 0.25) is 0 Å². The third-order valence-electron chi connectivity index (χ3n) is 4.53. The zero-order chi connectivity index (χ0) is 18.0. The summed E-state index contributed by atoms with van der Waals surface area (Å²) in [5, 5.41) is 12.6. The summed E-state index contributed by atoms with van der Waals surface area (Å²) in [6, 6.07) is 6.39. The lowest BCUT2D eigenvalue weighted by Crippen LogP contribution is -2.25. The first-order valence-corrected chi connectivity index (χ1v) is 8.25. The van der Waals surface area contributed by atoms with Gasteiger partial charge in [-0.05, 0) is 37.7 Å². The van der Waals surface area contributed by atoms with Crippen LogP contribution in [0.25, 0.3) is 0 Å². The topological polar surface area (TPSA) is 78.3 Å². The van der Waals surface area contributed by atoms with Crippen LogP contribution in [0.3, 0.4) is 0 Å². The number of hydrogen-bond acceptors (Lipinski definition) is 5. The number of benzene rings is 1. The van der Waals surface area contributed by atoms with Gasteiger partial charge >= 0.3 is 5.97 Å². The fourth-order valence-electron chi connectivity index (χ4n) is 3.08. The summed E-state index contributed by atoms with van der Waals surface area (Å²) < 4.78 is 13.2. The Labute approximate surface area is 145 Å². The fraction of sp³-hybridized carbons (Fsp3) is 0.389. The van der Waals surface area contributed by atoms with Crippen LogP contribution in [0.1, 0.15) is 41.0 Å². The molecule has 1 aliphatic heterocycles. The Bertz CT molecular complexity index is 766. The van der Waals surface area contributed by atoms with Crippen LogP contribution in [-0.4, -0.2) is 52.1 Å². The molecule has 2 N–H and O–H groups in total. The SMILES string of the molecule is CC(c1ccc(F)cc1)c1nc(C(=O)O)cnc1NC1CCN(C)C1. The predicted molar refractivity (Wildman–Crippen MR) is 92.4 cm³/mol. The van der Waals surface area contributed by atoms with E-state index in [0.29, 0.717) is 11.5 Å². The van der Waals surface area contributed by atoms with Gasteiger partial charge in [0.1, 0.15) is 11.6 Å². The molecule has 1 aromatic carbocycles. The van der Waals surface area contributed by atoms with Crippen molar-refractivity contribution in [2.24, 2.45) is 0 Å². The first-order valence-electron chi connectivity index (χ1n) is 8.25. The molecule has 2 heterocycles. The number of carboxylic acid groups (broad SMARTS) is 1. The molecular weight excluding hydrogens is 323 g/mol. The van der Waals surface area contributed by atoms with Crippen molar-refractivity contribution in [2.75, 3.05) is 25.5 Å². The number of halogens is 1. The van der Waals surface area contributed by atoms with Gasteiger partial charge < -0.3 is 15.3 Å². The molecule has 0 radical (unpaired) electrons. The Morgan fingerprint density at radius 2 is 2.12 bits per heavy atom. The number of carboxylic acids is 1. The van der Waals surface area contributed by atoms with Crippen LogP contribution < -0.4 is 5.32 Å². The lowest BCUT2D eigenvalue weighted by Gasteiger charge is -2.20. The number of nitrogens with one attached hydrogen (secondary N) is 1. The van der Waals surface area contributed by atoms with E-state index >= 15 is 0 Å². The quantitative estimate of drug-likeness (QED) is 0.868. The van der Waals surface area contributed by atoms with Crippen molar-refractivity contribution in [3.8, 4) is 0 Å². The van der Waals surface area contributed by atoms with Gasteiger partial charge in [-0.3, -0.25) is 0 Å². The van der Waals surface area contributed by atoms with Crippen LogP contribution in [0, 0.1) is 5.82 Å². The summed E-state index contributed by atoms with van der Waals surface area (Å²) in [6.45, 7) is 3.81. The van der Waals surface area contributed by atoms with E-state index < -0.39 is 5.97 Å². The molecule has 7 heteroatoms. The highest BCUT2D eigenvalue weighted by Gasteiger charge is 2.24. The van der Waals surface area contributed by atoms with Crippen molar-refractivity contribution in [2.45, 2.75) is 25.3 Å². The van der Waals surface area contributed by atoms with Crippen LogP contribution in [0.5, 0.6) is 0 Å². The number of aromatic carboxylic acids is 1. The highest BCUT2D eigenvalue weighted by Crippen LogP contribution is 2.28. The third kappa shape index (κ3) is 3.93. The van der Waals surface area contributed by atoms with Crippen LogP contribution in [0.4, 0.5) is 10.2 Å². The number of nitrogens with zero attached hydrogens (tertiary/aromatic N) is 3. The maximum absolute atomic E-state index is 13.2. The summed E-state index contributed by atoms with van der Waals surface area (Å²) in [4.78, 5) is 22.1. The minimum Gasteiger partial charge on any atom is -0.476 e. The molecule has 132 valence electrons. The second kappa shape index (κ2) is 7.14. The molecule has 2 unspecified atom stereocenters. The van der Waals surface area contributed by atoms with Crippen molar-refractivity contribution >= 4 is 11.8 Å². The van der Waals surface area contributed by atoms with Gasteiger partial charge in [-0.2, -0.15) is 0 Å². The summed E-state index contributed by atoms with van der Waals surface area (Å²) in [7, 11) is 2.06. The number of aromatic nitrogens is 2. The first kappa shape index (κ1) is 17.3.